The van der Waals surface area contributed by atoms with Crippen molar-refractivity contribution >= 4 is 29.4 Å². The fourth-order valence-corrected chi connectivity index (χ4v) is 1.97. The van der Waals surface area contributed by atoms with Crippen molar-refractivity contribution in [2.75, 3.05) is 5.32 Å². The zero-order valence-corrected chi connectivity index (χ0v) is 13.5. The maximum atomic E-state index is 11.7. The third-order valence-corrected chi connectivity index (χ3v) is 3.15. The molecule has 0 saturated heterocycles. The molecule has 0 fully saturated rings. The molecule has 2 N–H and O–H groups in total. The minimum absolute atomic E-state index is 0.331. The molecule has 0 aromatic heterocycles. The molecule has 116 valence electrons. The Labute approximate surface area is 129 Å². The monoisotopic (exact) mass is 313 g/mol. The predicted octanol–water partition coefficient (Wildman–Crippen LogP) is 4.05. The van der Waals surface area contributed by atoms with Crippen LogP contribution in [0.1, 0.15) is 40.2 Å². The lowest BCUT2D eigenvalue weighted by molar-refractivity contribution is -0.142. The van der Waals surface area contributed by atoms with Gasteiger partial charge >= 0.3 is 12.1 Å². The lowest BCUT2D eigenvalue weighted by Crippen LogP contribution is -2.29. The Morgan fingerprint density at radius 2 is 1.76 bits per heavy atom. The predicted molar refractivity (Wildman–Crippen MR) is 82.0 cm³/mol. The van der Waals surface area contributed by atoms with Gasteiger partial charge in [0.05, 0.1) is 5.41 Å². The molecule has 0 bridgehead atoms. The molecule has 1 aromatic carbocycles. The Morgan fingerprint density at radius 1 is 1.19 bits per heavy atom. The van der Waals surface area contributed by atoms with Crippen LogP contribution in [0.3, 0.4) is 0 Å². The normalized spacial score (nSPS) is 11.9. The number of carboxylic acid groups (broad SMARTS) is 1. The van der Waals surface area contributed by atoms with Crippen molar-refractivity contribution < 1.29 is 19.4 Å². The van der Waals surface area contributed by atoms with Crippen LogP contribution in [0.5, 0.6) is 0 Å². The number of halogens is 1. The van der Waals surface area contributed by atoms with E-state index in [-0.39, 0.29) is 0 Å². The first-order chi connectivity index (χ1) is 9.43. The van der Waals surface area contributed by atoms with Crippen molar-refractivity contribution in [1.82, 2.24) is 0 Å². The van der Waals surface area contributed by atoms with E-state index in [1.165, 1.54) is 0 Å². The number of rotatable bonds is 3. The minimum atomic E-state index is -1.16. The van der Waals surface area contributed by atoms with E-state index >= 15 is 0 Å². The van der Waals surface area contributed by atoms with Gasteiger partial charge < -0.3 is 9.84 Å². The highest BCUT2D eigenvalue weighted by atomic mass is 35.5. The fraction of sp³-hybridized carbons (Fsp3) is 0.467. The standard InChI is InChI=1S/C15H20ClNO4/c1-14(2,3)21-13(20)17-9-6-7-11(16)10(8-9)15(4,5)12(18)19/h6-8H,1-5H3,(H,17,20)(H,18,19). The second-order valence-corrected chi connectivity index (χ2v) is 6.66. The lowest BCUT2D eigenvalue weighted by Gasteiger charge is -2.23. The Bertz CT molecular complexity index is 561. The van der Waals surface area contributed by atoms with Crippen LogP contribution < -0.4 is 5.32 Å². The van der Waals surface area contributed by atoms with Crippen LogP contribution in [0, 0.1) is 0 Å². The van der Waals surface area contributed by atoms with Crippen molar-refractivity contribution in [3.05, 3.63) is 28.8 Å². The molecule has 0 radical (unpaired) electrons. The number of aliphatic carboxylic acids is 1. The number of nitrogens with one attached hydrogen (secondary N) is 1. The quantitative estimate of drug-likeness (QED) is 0.882. The van der Waals surface area contributed by atoms with Crippen LogP contribution >= 0.6 is 11.6 Å². The lowest BCUT2D eigenvalue weighted by atomic mass is 9.84. The van der Waals surface area contributed by atoms with E-state index in [0.29, 0.717) is 16.3 Å². The van der Waals surface area contributed by atoms with Gasteiger partial charge in [-0.3, -0.25) is 10.1 Å². The summed E-state index contributed by atoms with van der Waals surface area (Å²) in [4.78, 5) is 23.0. The first-order valence-electron chi connectivity index (χ1n) is 6.47. The number of anilines is 1. The van der Waals surface area contributed by atoms with Gasteiger partial charge in [-0.25, -0.2) is 4.79 Å². The van der Waals surface area contributed by atoms with Crippen LogP contribution in [0.25, 0.3) is 0 Å². The Hall–Kier alpha value is -1.75. The van der Waals surface area contributed by atoms with Gasteiger partial charge in [0.2, 0.25) is 0 Å². The highest BCUT2D eigenvalue weighted by molar-refractivity contribution is 6.31. The topological polar surface area (TPSA) is 75.6 Å². The molecule has 1 aromatic rings. The van der Waals surface area contributed by atoms with Crippen molar-refractivity contribution in [3.8, 4) is 0 Å². The smallest absolute Gasteiger partial charge is 0.412 e. The number of carbonyl (C=O) groups is 2. The van der Waals surface area contributed by atoms with Gasteiger partial charge in [-0.15, -0.1) is 0 Å². The summed E-state index contributed by atoms with van der Waals surface area (Å²) in [5, 5.41) is 12.2. The number of carbonyl (C=O) groups excluding carboxylic acids is 1. The summed E-state index contributed by atoms with van der Waals surface area (Å²) < 4.78 is 5.15. The molecular formula is C15H20ClNO4. The molecule has 0 saturated carbocycles. The van der Waals surface area contributed by atoms with Gasteiger partial charge in [0.15, 0.2) is 0 Å². The van der Waals surface area contributed by atoms with E-state index < -0.39 is 23.1 Å². The van der Waals surface area contributed by atoms with Crippen molar-refractivity contribution in [2.24, 2.45) is 0 Å². The van der Waals surface area contributed by atoms with E-state index in [1.54, 1.807) is 52.8 Å². The molecule has 0 unspecified atom stereocenters. The highest BCUT2D eigenvalue weighted by Gasteiger charge is 2.32. The molecule has 1 amide bonds. The average molecular weight is 314 g/mol. The zero-order valence-electron chi connectivity index (χ0n) is 12.8. The molecule has 0 aliphatic carbocycles. The molecule has 21 heavy (non-hydrogen) atoms. The first kappa shape index (κ1) is 17.3. The van der Waals surface area contributed by atoms with E-state index in [2.05, 4.69) is 5.32 Å². The number of hydrogen-bond acceptors (Lipinski definition) is 3. The molecule has 5 nitrogen and oxygen atoms in total. The first-order valence-corrected chi connectivity index (χ1v) is 6.85. The summed E-state index contributed by atoms with van der Waals surface area (Å²) in [7, 11) is 0. The van der Waals surface area contributed by atoms with Gasteiger partial charge in [0, 0.05) is 10.7 Å². The largest absolute Gasteiger partial charge is 0.481 e. The van der Waals surface area contributed by atoms with E-state index in [0.717, 1.165) is 0 Å². The molecule has 0 atom stereocenters. The van der Waals surface area contributed by atoms with E-state index in [4.69, 9.17) is 16.3 Å². The second kappa shape index (κ2) is 5.93. The van der Waals surface area contributed by atoms with Crippen molar-refractivity contribution in [1.29, 1.82) is 0 Å². The van der Waals surface area contributed by atoms with Gasteiger partial charge in [-0.05, 0) is 58.4 Å². The summed E-state index contributed by atoms with van der Waals surface area (Å²) in [6, 6.07) is 4.68. The number of amides is 1. The fourth-order valence-electron chi connectivity index (χ4n) is 1.62. The van der Waals surface area contributed by atoms with Crippen molar-refractivity contribution in [2.45, 2.75) is 45.6 Å². The average Bonchev–Trinajstić information content (AvgIpc) is 2.28. The SMILES string of the molecule is CC(C)(C)OC(=O)Nc1ccc(Cl)c(C(C)(C)C(=O)O)c1. The second-order valence-electron chi connectivity index (χ2n) is 6.25. The molecule has 1 rings (SSSR count). The summed E-state index contributed by atoms with van der Waals surface area (Å²) >= 11 is 6.06. The maximum Gasteiger partial charge on any atom is 0.412 e. The zero-order chi connectivity index (χ0) is 16.4. The van der Waals surface area contributed by atoms with Gasteiger partial charge in [0.1, 0.15) is 5.60 Å². The van der Waals surface area contributed by atoms with Crippen LogP contribution in [-0.4, -0.2) is 22.8 Å². The molecule has 0 aliphatic rings. The molecule has 0 aliphatic heterocycles. The third kappa shape index (κ3) is 4.63. The summed E-state index contributed by atoms with van der Waals surface area (Å²) in [5.41, 5.74) is -0.925. The van der Waals surface area contributed by atoms with Gasteiger partial charge in [-0.1, -0.05) is 11.6 Å². The van der Waals surface area contributed by atoms with Crippen LogP contribution in [0.2, 0.25) is 5.02 Å². The third-order valence-electron chi connectivity index (χ3n) is 2.82. The number of carboxylic acids is 1. The van der Waals surface area contributed by atoms with Crippen LogP contribution in [-0.2, 0) is 14.9 Å². The number of benzene rings is 1. The van der Waals surface area contributed by atoms with Crippen LogP contribution in [0.15, 0.2) is 18.2 Å². The molecule has 6 heteroatoms. The van der Waals surface area contributed by atoms with E-state index in [1.807, 2.05) is 0 Å². The molecular weight excluding hydrogens is 294 g/mol. The number of hydrogen-bond donors (Lipinski definition) is 2. The van der Waals surface area contributed by atoms with Gasteiger partial charge in [0.25, 0.3) is 0 Å². The minimum Gasteiger partial charge on any atom is -0.481 e. The Kier molecular flexibility index (Phi) is 4.89. The summed E-state index contributed by atoms with van der Waals surface area (Å²) in [5.74, 6) is -1.00. The van der Waals surface area contributed by atoms with Gasteiger partial charge in [-0.2, -0.15) is 0 Å². The summed E-state index contributed by atoms with van der Waals surface area (Å²) in [6.07, 6.45) is -0.607. The maximum absolute atomic E-state index is 11.7. The Balaban J connectivity index is 3.03. The summed E-state index contributed by atoms with van der Waals surface area (Å²) in [6.45, 7) is 8.37. The number of ether oxygens (including phenoxy) is 1. The van der Waals surface area contributed by atoms with Crippen molar-refractivity contribution in [3.63, 3.8) is 0 Å². The molecule has 0 spiro atoms. The molecule has 0 heterocycles. The highest BCUT2D eigenvalue weighted by Crippen LogP contribution is 2.32. The Morgan fingerprint density at radius 3 is 2.24 bits per heavy atom. The van der Waals surface area contributed by atoms with Crippen LogP contribution in [0.4, 0.5) is 10.5 Å². The van der Waals surface area contributed by atoms with E-state index in [9.17, 15) is 14.7 Å².